The number of aryl methyl sites for hydroxylation is 2. The molecule has 0 aliphatic heterocycles. The van der Waals surface area contributed by atoms with Crippen molar-refractivity contribution in [2.75, 3.05) is 10.6 Å². The summed E-state index contributed by atoms with van der Waals surface area (Å²) in [6.45, 7) is 5.53. The van der Waals surface area contributed by atoms with Gasteiger partial charge in [0.05, 0.1) is 11.7 Å². The van der Waals surface area contributed by atoms with Crippen molar-refractivity contribution in [1.82, 2.24) is 15.0 Å². The monoisotopic (exact) mass is 385 g/mol. The van der Waals surface area contributed by atoms with Gasteiger partial charge in [0.15, 0.2) is 0 Å². The molecule has 1 atom stereocenters. The quantitative estimate of drug-likeness (QED) is 0.464. The Bertz CT molecular complexity index is 1170. The minimum Gasteiger partial charge on any atom is -0.358 e. The lowest BCUT2D eigenvalue weighted by Gasteiger charge is -2.20. The molecule has 0 saturated heterocycles. The number of hydrogen-bond acceptors (Lipinski definition) is 4. The van der Waals surface area contributed by atoms with E-state index in [0.717, 1.165) is 45.1 Å². The molecule has 3 aromatic heterocycles. The molecule has 6 nitrogen and oxygen atoms in total. The van der Waals surface area contributed by atoms with Crippen LogP contribution < -0.4 is 10.6 Å². The molecule has 0 saturated carbocycles. The minimum atomic E-state index is -0.202. The Kier molecular flexibility index (Phi) is 4.99. The molecule has 0 radical (unpaired) electrons. The number of rotatable bonds is 5. The van der Waals surface area contributed by atoms with Gasteiger partial charge in [-0.2, -0.15) is 0 Å². The Morgan fingerprint density at radius 3 is 2.66 bits per heavy atom. The first-order chi connectivity index (χ1) is 14.0. The number of nitrogens with zero attached hydrogens (tertiary/aromatic N) is 2. The summed E-state index contributed by atoms with van der Waals surface area (Å²) >= 11 is 0. The molecule has 0 fully saturated rings. The minimum absolute atomic E-state index is 0.0958. The predicted molar refractivity (Wildman–Crippen MR) is 116 cm³/mol. The van der Waals surface area contributed by atoms with E-state index in [2.05, 4.69) is 32.5 Å². The van der Waals surface area contributed by atoms with Crippen LogP contribution in [0.1, 0.15) is 35.6 Å². The second kappa shape index (κ2) is 7.75. The molecule has 0 unspecified atom stereocenters. The Balaban J connectivity index is 1.86. The molecule has 1 amide bonds. The van der Waals surface area contributed by atoms with Gasteiger partial charge in [-0.3, -0.25) is 9.78 Å². The summed E-state index contributed by atoms with van der Waals surface area (Å²) in [6, 6.07) is 17.5. The highest BCUT2D eigenvalue weighted by Crippen LogP contribution is 2.34. The maximum absolute atomic E-state index is 11.5. The number of aromatic nitrogens is 3. The number of hydrogen-bond donors (Lipinski definition) is 3. The summed E-state index contributed by atoms with van der Waals surface area (Å²) < 4.78 is 0. The number of benzene rings is 1. The number of fused-ring (bicyclic) bond motifs is 1. The molecule has 0 bridgehead atoms. The molecule has 6 heteroatoms. The number of pyridine rings is 2. The highest BCUT2D eigenvalue weighted by atomic mass is 16.1. The van der Waals surface area contributed by atoms with Crippen LogP contribution in [0.2, 0.25) is 0 Å². The van der Waals surface area contributed by atoms with Crippen LogP contribution in [0.4, 0.5) is 11.5 Å². The topological polar surface area (TPSA) is 82.7 Å². The summed E-state index contributed by atoms with van der Waals surface area (Å²) in [7, 11) is 0. The third-order valence-corrected chi connectivity index (χ3v) is 4.81. The molecule has 0 aliphatic carbocycles. The van der Waals surface area contributed by atoms with Gasteiger partial charge < -0.3 is 15.6 Å². The third kappa shape index (κ3) is 3.96. The normalized spacial score (nSPS) is 12.0. The lowest BCUT2D eigenvalue weighted by molar-refractivity contribution is -0.114. The molecule has 0 spiro atoms. The fourth-order valence-corrected chi connectivity index (χ4v) is 3.61. The van der Waals surface area contributed by atoms with E-state index in [0.29, 0.717) is 0 Å². The van der Waals surface area contributed by atoms with E-state index >= 15 is 0 Å². The molecule has 0 aliphatic rings. The van der Waals surface area contributed by atoms with Crippen LogP contribution in [0.3, 0.4) is 0 Å². The van der Waals surface area contributed by atoms with E-state index < -0.39 is 0 Å². The largest absolute Gasteiger partial charge is 0.358 e. The highest BCUT2D eigenvalue weighted by molar-refractivity contribution is 5.94. The Morgan fingerprint density at radius 1 is 1.07 bits per heavy atom. The summed E-state index contributed by atoms with van der Waals surface area (Å²) in [5.74, 6) is 0.689. The number of aromatic amines is 1. The molecule has 146 valence electrons. The van der Waals surface area contributed by atoms with Gasteiger partial charge in [0.2, 0.25) is 5.91 Å². The van der Waals surface area contributed by atoms with Gasteiger partial charge in [-0.25, -0.2) is 4.98 Å². The second-order valence-corrected chi connectivity index (χ2v) is 7.10. The average Bonchev–Trinajstić information content (AvgIpc) is 3.01. The van der Waals surface area contributed by atoms with Crippen LogP contribution >= 0.6 is 0 Å². The number of nitrogens with one attached hydrogen (secondary N) is 3. The van der Waals surface area contributed by atoms with Crippen molar-refractivity contribution >= 4 is 28.3 Å². The summed E-state index contributed by atoms with van der Waals surface area (Å²) in [5, 5.41) is 7.45. The standard InChI is InChI=1S/C23H23N5O/c1-14-7-6-9-21(25-14)28-23(20-8-4-5-12-24-20)22-15(2)26-19-11-10-17(13-18(19)22)27-16(3)29/h4-13,23,26H,1-3H3,(H,25,28)(H,27,29)/t23-/m1/s1. The molecule has 29 heavy (non-hydrogen) atoms. The van der Waals surface area contributed by atoms with Crippen LogP contribution in [0, 0.1) is 13.8 Å². The maximum atomic E-state index is 11.5. The molecule has 3 heterocycles. The van der Waals surface area contributed by atoms with Crippen LogP contribution in [-0.4, -0.2) is 20.9 Å². The number of carbonyl (C=O) groups is 1. The third-order valence-electron chi connectivity index (χ3n) is 4.81. The molecule has 4 rings (SSSR count). The van der Waals surface area contributed by atoms with Gasteiger partial charge >= 0.3 is 0 Å². The smallest absolute Gasteiger partial charge is 0.221 e. The van der Waals surface area contributed by atoms with Crippen molar-refractivity contribution in [2.24, 2.45) is 0 Å². The summed E-state index contributed by atoms with van der Waals surface area (Å²) in [5.41, 5.74) is 5.72. The molecule has 1 aromatic carbocycles. The van der Waals surface area contributed by atoms with Gasteiger partial charge in [-0.05, 0) is 56.3 Å². The van der Waals surface area contributed by atoms with Gasteiger partial charge in [0.25, 0.3) is 0 Å². The van der Waals surface area contributed by atoms with E-state index in [1.807, 2.05) is 61.5 Å². The van der Waals surface area contributed by atoms with Gasteiger partial charge in [-0.15, -0.1) is 0 Å². The first-order valence-electron chi connectivity index (χ1n) is 9.52. The second-order valence-electron chi connectivity index (χ2n) is 7.10. The predicted octanol–water partition coefficient (Wildman–Crippen LogP) is 4.73. The number of carbonyl (C=O) groups excluding carboxylic acids is 1. The maximum Gasteiger partial charge on any atom is 0.221 e. The Morgan fingerprint density at radius 2 is 1.93 bits per heavy atom. The van der Waals surface area contributed by atoms with E-state index in [1.54, 1.807) is 6.20 Å². The zero-order valence-electron chi connectivity index (χ0n) is 16.7. The molecular formula is C23H23N5O. The Hall–Kier alpha value is -3.67. The lowest BCUT2D eigenvalue weighted by atomic mass is 9.99. The highest BCUT2D eigenvalue weighted by Gasteiger charge is 2.22. The fourth-order valence-electron chi connectivity index (χ4n) is 3.61. The fraction of sp³-hybridized carbons (Fsp3) is 0.174. The van der Waals surface area contributed by atoms with Gasteiger partial charge in [-0.1, -0.05) is 12.1 Å². The first-order valence-corrected chi connectivity index (χ1v) is 9.52. The van der Waals surface area contributed by atoms with Crippen molar-refractivity contribution in [3.05, 3.63) is 83.4 Å². The summed E-state index contributed by atoms with van der Waals surface area (Å²) in [6.07, 6.45) is 1.79. The van der Waals surface area contributed by atoms with Gasteiger partial charge in [0, 0.05) is 46.7 Å². The van der Waals surface area contributed by atoms with Gasteiger partial charge in [0.1, 0.15) is 5.82 Å². The van der Waals surface area contributed by atoms with Crippen LogP contribution in [0.25, 0.3) is 10.9 Å². The Labute approximate surface area is 169 Å². The van der Waals surface area contributed by atoms with Crippen LogP contribution in [-0.2, 0) is 4.79 Å². The number of H-pyrrole nitrogens is 1. The van der Waals surface area contributed by atoms with Crippen LogP contribution in [0.5, 0.6) is 0 Å². The lowest BCUT2D eigenvalue weighted by Crippen LogP contribution is -2.15. The van der Waals surface area contributed by atoms with Crippen molar-refractivity contribution < 1.29 is 4.79 Å². The molecule has 4 aromatic rings. The van der Waals surface area contributed by atoms with Crippen LogP contribution in [0.15, 0.2) is 60.8 Å². The zero-order valence-corrected chi connectivity index (χ0v) is 16.7. The van der Waals surface area contributed by atoms with E-state index in [-0.39, 0.29) is 11.9 Å². The van der Waals surface area contributed by atoms with E-state index in [1.165, 1.54) is 6.92 Å². The number of anilines is 2. The SMILES string of the molecule is CC(=O)Nc1ccc2[nH]c(C)c([C@H](Nc3cccc(C)n3)c3ccccn3)c2c1. The van der Waals surface area contributed by atoms with Crippen molar-refractivity contribution in [3.8, 4) is 0 Å². The molecular weight excluding hydrogens is 362 g/mol. The molecule has 3 N–H and O–H groups in total. The average molecular weight is 385 g/mol. The van der Waals surface area contributed by atoms with Crippen molar-refractivity contribution in [1.29, 1.82) is 0 Å². The van der Waals surface area contributed by atoms with Crippen molar-refractivity contribution in [3.63, 3.8) is 0 Å². The zero-order chi connectivity index (χ0) is 20.4. The number of amides is 1. The first kappa shape index (κ1) is 18.7. The van der Waals surface area contributed by atoms with Crippen molar-refractivity contribution in [2.45, 2.75) is 26.8 Å². The van der Waals surface area contributed by atoms with E-state index in [9.17, 15) is 4.79 Å². The van der Waals surface area contributed by atoms with E-state index in [4.69, 9.17) is 0 Å². The summed E-state index contributed by atoms with van der Waals surface area (Å²) in [4.78, 5) is 24.2.